The van der Waals surface area contributed by atoms with Crippen LogP contribution in [0.1, 0.15) is 24.0 Å². The SMILES string of the molecule is O=C(OCc1ccccc1)N1CCC2(CC1)C(=O)N(CCO)c1cc(F)cc(F)c12. The molecule has 6 nitrogen and oxygen atoms in total. The molecule has 2 aromatic rings. The third-order valence-electron chi connectivity index (χ3n) is 5.86. The van der Waals surface area contributed by atoms with Gasteiger partial charge in [-0.3, -0.25) is 4.79 Å². The Kier molecular flexibility index (Phi) is 5.42. The van der Waals surface area contributed by atoms with Crippen molar-refractivity contribution in [3.8, 4) is 0 Å². The average molecular weight is 416 g/mol. The lowest BCUT2D eigenvalue weighted by atomic mass is 9.73. The lowest BCUT2D eigenvalue weighted by Crippen LogP contribution is -2.50. The number of carbonyl (C=O) groups is 2. The maximum atomic E-state index is 14.7. The number of fused-ring (bicyclic) bond motifs is 2. The van der Waals surface area contributed by atoms with Crippen LogP contribution in [-0.4, -0.2) is 48.2 Å². The number of aliphatic hydroxyl groups is 1. The molecule has 30 heavy (non-hydrogen) atoms. The first kappa shape index (κ1) is 20.3. The van der Waals surface area contributed by atoms with Gasteiger partial charge in [-0.15, -0.1) is 0 Å². The van der Waals surface area contributed by atoms with E-state index < -0.39 is 23.1 Å². The van der Waals surface area contributed by atoms with E-state index in [0.29, 0.717) is 0 Å². The first-order valence-electron chi connectivity index (χ1n) is 9.84. The molecule has 1 fully saturated rings. The molecule has 1 spiro atoms. The topological polar surface area (TPSA) is 70.1 Å². The summed E-state index contributed by atoms with van der Waals surface area (Å²) in [5.41, 5.74) is 0.00710. The Morgan fingerprint density at radius 1 is 1.13 bits per heavy atom. The van der Waals surface area contributed by atoms with Crippen molar-refractivity contribution in [2.75, 3.05) is 31.1 Å². The molecule has 4 rings (SSSR count). The summed E-state index contributed by atoms with van der Waals surface area (Å²) in [6.45, 7) is 0.197. The number of ether oxygens (including phenoxy) is 1. The number of aliphatic hydroxyl groups excluding tert-OH is 1. The highest BCUT2D eigenvalue weighted by Crippen LogP contribution is 2.49. The van der Waals surface area contributed by atoms with Crippen LogP contribution in [-0.2, 0) is 21.6 Å². The highest BCUT2D eigenvalue weighted by atomic mass is 19.1. The number of halogens is 2. The normalized spacial score (nSPS) is 17.4. The number of hydrogen-bond donors (Lipinski definition) is 1. The maximum Gasteiger partial charge on any atom is 0.410 e. The zero-order valence-electron chi connectivity index (χ0n) is 16.3. The van der Waals surface area contributed by atoms with Gasteiger partial charge in [0.15, 0.2) is 0 Å². The molecular formula is C22H22F2N2O4. The molecule has 0 aromatic heterocycles. The van der Waals surface area contributed by atoms with E-state index in [1.54, 1.807) is 0 Å². The van der Waals surface area contributed by atoms with E-state index in [0.717, 1.165) is 17.7 Å². The van der Waals surface area contributed by atoms with Crippen molar-refractivity contribution < 1.29 is 28.2 Å². The molecule has 1 saturated heterocycles. The van der Waals surface area contributed by atoms with Crippen molar-refractivity contribution in [3.05, 3.63) is 65.2 Å². The van der Waals surface area contributed by atoms with E-state index in [-0.39, 0.29) is 62.8 Å². The molecule has 2 amide bonds. The van der Waals surface area contributed by atoms with Crippen LogP contribution in [0.25, 0.3) is 0 Å². The van der Waals surface area contributed by atoms with Crippen molar-refractivity contribution >= 4 is 17.7 Å². The third-order valence-corrected chi connectivity index (χ3v) is 5.86. The Balaban J connectivity index is 1.51. The first-order chi connectivity index (χ1) is 14.5. The maximum absolute atomic E-state index is 14.7. The molecule has 1 N–H and O–H groups in total. The molecule has 2 aromatic carbocycles. The molecule has 0 atom stereocenters. The first-order valence-corrected chi connectivity index (χ1v) is 9.84. The number of hydrogen-bond acceptors (Lipinski definition) is 4. The van der Waals surface area contributed by atoms with E-state index in [4.69, 9.17) is 4.74 Å². The van der Waals surface area contributed by atoms with E-state index in [1.807, 2.05) is 30.3 Å². The lowest BCUT2D eigenvalue weighted by molar-refractivity contribution is -0.125. The fraction of sp³-hybridized carbons (Fsp3) is 0.364. The quantitative estimate of drug-likeness (QED) is 0.832. The fourth-order valence-corrected chi connectivity index (χ4v) is 4.39. The van der Waals surface area contributed by atoms with Crippen molar-refractivity contribution in [1.82, 2.24) is 4.90 Å². The Labute approximate surface area is 172 Å². The Hall–Kier alpha value is -3.00. The standard InChI is InChI=1S/C22H22F2N2O4/c23-16-12-17(24)19-18(13-16)26(10-11-27)20(28)22(19)6-8-25(9-7-22)21(29)30-14-15-4-2-1-3-5-15/h1-5,12-13,27H,6-11,14H2. The van der Waals surface area contributed by atoms with Gasteiger partial charge in [-0.1, -0.05) is 30.3 Å². The summed E-state index contributed by atoms with van der Waals surface area (Å²) >= 11 is 0. The number of likely N-dealkylation sites (tertiary alicyclic amines) is 1. The van der Waals surface area contributed by atoms with Gasteiger partial charge in [-0.25, -0.2) is 13.6 Å². The molecule has 8 heteroatoms. The number of anilines is 1. The van der Waals surface area contributed by atoms with Gasteiger partial charge in [0.25, 0.3) is 0 Å². The van der Waals surface area contributed by atoms with Crippen molar-refractivity contribution in [2.24, 2.45) is 0 Å². The summed E-state index contributed by atoms with van der Waals surface area (Å²) in [6, 6.07) is 11.2. The number of carbonyl (C=O) groups excluding carboxylic acids is 2. The second kappa shape index (κ2) is 8.02. The number of benzene rings is 2. The van der Waals surface area contributed by atoms with Crippen LogP contribution in [0.4, 0.5) is 19.3 Å². The molecule has 2 aliphatic rings. The minimum atomic E-state index is -1.17. The molecule has 0 unspecified atom stereocenters. The van der Waals surface area contributed by atoms with E-state index >= 15 is 0 Å². The highest BCUT2D eigenvalue weighted by Gasteiger charge is 2.54. The summed E-state index contributed by atoms with van der Waals surface area (Å²) < 4.78 is 33.9. The minimum absolute atomic E-state index is 0.0424. The molecule has 0 bridgehead atoms. The monoisotopic (exact) mass is 416 g/mol. The highest BCUT2D eigenvalue weighted by molar-refractivity contribution is 6.08. The van der Waals surface area contributed by atoms with Crippen molar-refractivity contribution in [2.45, 2.75) is 24.9 Å². The minimum Gasteiger partial charge on any atom is -0.445 e. The third kappa shape index (κ3) is 3.41. The lowest BCUT2D eigenvalue weighted by Gasteiger charge is -2.38. The van der Waals surface area contributed by atoms with Crippen molar-refractivity contribution in [1.29, 1.82) is 0 Å². The van der Waals surface area contributed by atoms with Crippen LogP contribution in [0.2, 0.25) is 0 Å². The number of nitrogens with zero attached hydrogens (tertiary/aromatic N) is 2. The summed E-state index contributed by atoms with van der Waals surface area (Å²) in [6.07, 6.45) is -0.0980. The molecule has 158 valence electrons. The van der Waals surface area contributed by atoms with Crippen LogP contribution in [0.15, 0.2) is 42.5 Å². The Bertz CT molecular complexity index is 959. The molecular weight excluding hydrogens is 394 g/mol. The van der Waals surface area contributed by atoms with Crippen LogP contribution in [0, 0.1) is 11.6 Å². The molecule has 2 heterocycles. The van der Waals surface area contributed by atoms with Gasteiger partial charge in [-0.2, -0.15) is 0 Å². The van der Waals surface area contributed by atoms with Gasteiger partial charge in [-0.05, 0) is 24.5 Å². The van der Waals surface area contributed by atoms with Crippen LogP contribution in [0.3, 0.4) is 0 Å². The van der Waals surface area contributed by atoms with Crippen molar-refractivity contribution in [3.63, 3.8) is 0 Å². The number of amides is 2. The zero-order chi connectivity index (χ0) is 21.3. The second-order valence-corrected chi connectivity index (χ2v) is 7.57. The van der Waals surface area contributed by atoms with E-state index in [2.05, 4.69) is 0 Å². The summed E-state index contributed by atoms with van der Waals surface area (Å²) in [4.78, 5) is 28.3. The summed E-state index contributed by atoms with van der Waals surface area (Å²) in [5.74, 6) is -1.92. The molecule has 0 radical (unpaired) electrons. The van der Waals surface area contributed by atoms with Gasteiger partial charge in [0, 0.05) is 31.3 Å². The molecule has 0 aliphatic carbocycles. The fourth-order valence-electron chi connectivity index (χ4n) is 4.39. The molecule has 2 aliphatic heterocycles. The van der Waals surface area contributed by atoms with Gasteiger partial charge in [0.2, 0.25) is 5.91 Å². The molecule has 0 saturated carbocycles. The zero-order valence-corrected chi connectivity index (χ0v) is 16.3. The number of rotatable bonds is 4. The van der Waals surface area contributed by atoms with E-state index in [9.17, 15) is 23.5 Å². The van der Waals surface area contributed by atoms with Crippen LogP contribution >= 0.6 is 0 Å². The van der Waals surface area contributed by atoms with Gasteiger partial charge >= 0.3 is 6.09 Å². The second-order valence-electron chi connectivity index (χ2n) is 7.57. The van der Waals surface area contributed by atoms with E-state index in [1.165, 1.54) is 9.80 Å². The Morgan fingerprint density at radius 2 is 1.83 bits per heavy atom. The number of piperidine rings is 1. The predicted molar refractivity (Wildman–Crippen MR) is 105 cm³/mol. The van der Waals surface area contributed by atoms with Crippen LogP contribution < -0.4 is 4.90 Å². The Morgan fingerprint density at radius 3 is 2.50 bits per heavy atom. The predicted octanol–water partition coefficient (Wildman–Crippen LogP) is 2.97. The summed E-state index contributed by atoms with van der Waals surface area (Å²) in [7, 11) is 0. The van der Waals surface area contributed by atoms with Gasteiger partial charge in [0.05, 0.1) is 17.7 Å². The summed E-state index contributed by atoms with van der Waals surface area (Å²) in [5, 5.41) is 9.31. The van der Waals surface area contributed by atoms with Crippen LogP contribution in [0.5, 0.6) is 0 Å². The largest absolute Gasteiger partial charge is 0.445 e. The van der Waals surface area contributed by atoms with Gasteiger partial charge in [0.1, 0.15) is 18.2 Å². The van der Waals surface area contributed by atoms with Gasteiger partial charge < -0.3 is 19.6 Å². The smallest absolute Gasteiger partial charge is 0.410 e. The average Bonchev–Trinajstić information content (AvgIpc) is 2.96. The number of β-amino-alcohol motifs (C(OH)–C–C–N with tert-alkyl or cyclic N) is 1.